The third kappa shape index (κ3) is 11.1. The number of hydrogen-bond donors (Lipinski definition) is 0. The largest absolute Gasteiger partial charge is 0.450 e. The summed E-state index contributed by atoms with van der Waals surface area (Å²) in [7, 11) is 0. The first-order valence-electron chi connectivity index (χ1n) is 5.72. The minimum Gasteiger partial charge on any atom is -0.450 e. The smallest absolute Gasteiger partial charge is 0.428 e. The molecule has 0 atom stereocenters. The zero-order chi connectivity index (χ0) is 15.4. The Balaban J connectivity index is 0. The second-order valence-corrected chi connectivity index (χ2v) is 3.41. The molecular weight excluding hydrogens is 270 g/mol. The molecule has 1 aromatic rings. The highest BCUT2D eigenvalue weighted by Gasteiger charge is 2.09. The highest BCUT2D eigenvalue weighted by Crippen LogP contribution is 2.10. The van der Waals surface area contributed by atoms with E-state index >= 15 is 0 Å². The minimum atomic E-state index is -0.602. The van der Waals surface area contributed by atoms with Crippen LogP contribution >= 0.6 is 11.6 Å². The number of aryl methyl sites for hydroxylation is 1. The molecule has 0 N–H and O–H groups in total. The van der Waals surface area contributed by atoms with E-state index < -0.39 is 4.92 Å². The highest BCUT2D eigenvalue weighted by molar-refractivity contribution is 6.28. The second kappa shape index (κ2) is 11.3. The van der Waals surface area contributed by atoms with E-state index in [0.29, 0.717) is 11.0 Å². The third-order valence-corrected chi connectivity index (χ3v) is 1.62. The molecule has 0 fully saturated rings. The van der Waals surface area contributed by atoms with Gasteiger partial charge in [0.15, 0.2) is 5.22 Å². The third-order valence-electron chi connectivity index (χ3n) is 1.41. The van der Waals surface area contributed by atoms with Crippen LogP contribution in [0.25, 0.3) is 0 Å². The number of nitrogens with zero attached hydrogens (tertiary/aromatic N) is 1. The Morgan fingerprint density at radius 1 is 1.53 bits per heavy atom. The van der Waals surface area contributed by atoms with E-state index in [4.69, 9.17) is 16.0 Å². The van der Waals surface area contributed by atoms with Gasteiger partial charge in [-0.2, -0.15) is 0 Å². The first-order chi connectivity index (χ1) is 8.86. The lowest BCUT2D eigenvalue weighted by molar-refractivity contribution is -0.460. The molecule has 0 aromatic carbocycles. The fourth-order valence-electron chi connectivity index (χ4n) is 0.785. The molecule has 0 amide bonds. The van der Waals surface area contributed by atoms with Gasteiger partial charge in [0.2, 0.25) is 0 Å². The predicted molar refractivity (Wildman–Crippen MR) is 76.5 cm³/mol. The zero-order valence-electron chi connectivity index (χ0n) is 11.9. The summed E-state index contributed by atoms with van der Waals surface area (Å²) in [5, 5.41) is 10.5. The summed E-state index contributed by atoms with van der Waals surface area (Å²) in [4.78, 5) is 9.43. The average Bonchev–Trinajstić information content (AvgIpc) is 2.73. The van der Waals surface area contributed by atoms with Gasteiger partial charge in [-0.25, -0.2) is 0 Å². The molecule has 0 bridgehead atoms. The molecule has 1 heterocycles. The molecule has 19 heavy (non-hydrogen) atoms. The van der Waals surface area contributed by atoms with Crippen LogP contribution in [0.1, 0.15) is 33.5 Å². The number of rotatable bonds is 3. The maximum absolute atomic E-state index is 10.0. The van der Waals surface area contributed by atoms with Crippen LogP contribution < -0.4 is 0 Å². The Bertz CT molecular complexity index is 408. The van der Waals surface area contributed by atoms with Crippen LogP contribution in [0.15, 0.2) is 40.8 Å². The van der Waals surface area contributed by atoms with Crippen LogP contribution in [0.2, 0.25) is 5.22 Å². The standard InChI is InChI=1S/C6H9NO3.C5H5ClO.C2H6/c1-4-6(7(8)9)10-5(2)3;1-4-2-3-5(6)7-4;1-2/h4H,2H2,1,3H3;2-3H,1H3;1-2H3/b6-4-;;. The maximum Gasteiger partial charge on any atom is 0.428 e. The van der Waals surface area contributed by atoms with Gasteiger partial charge < -0.3 is 9.15 Å². The molecule has 1 aromatic heterocycles. The van der Waals surface area contributed by atoms with Gasteiger partial charge in [-0.1, -0.05) is 20.4 Å². The lowest BCUT2D eigenvalue weighted by atomic mass is 10.5. The highest BCUT2D eigenvalue weighted by atomic mass is 35.5. The fraction of sp³-hybridized carbons (Fsp3) is 0.385. The van der Waals surface area contributed by atoms with Crippen LogP contribution in [0.4, 0.5) is 0 Å². The van der Waals surface area contributed by atoms with Crippen molar-refractivity contribution < 1.29 is 14.1 Å². The maximum atomic E-state index is 10.0. The van der Waals surface area contributed by atoms with Crippen LogP contribution in [-0.4, -0.2) is 4.92 Å². The Morgan fingerprint density at radius 3 is 2.16 bits per heavy atom. The molecule has 108 valence electrons. The summed E-state index contributed by atoms with van der Waals surface area (Å²) >= 11 is 5.39. The SMILES string of the molecule is C=C(C)O/C(=C\C)[N+](=O)[O-].CC.Cc1ccc(Cl)o1. The van der Waals surface area contributed by atoms with E-state index in [2.05, 4.69) is 11.3 Å². The van der Waals surface area contributed by atoms with E-state index in [9.17, 15) is 10.1 Å². The zero-order valence-corrected chi connectivity index (χ0v) is 12.7. The molecule has 0 aliphatic rings. The van der Waals surface area contributed by atoms with E-state index in [1.165, 1.54) is 13.0 Å². The van der Waals surface area contributed by atoms with Crippen LogP contribution in [0, 0.1) is 17.0 Å². The second-order valence-electron chi connectivity index (χ2n) is 3.04. The number of hydrogen-bond acceptors (Lipinski definition) is 4. The Morgan fingerprint density at radius 2 is 2.05 bits per heavy atom. The van der Waals surface area contributed by atoms with Crippen molar-refractivity contribution in [2.45, 2.75) is 34.6 Å². The lowest BCUT2D eigenvalue weighted by Crippen LogP contribution is -2.01. The van der Waals surface area contributed by atoms with Crippen molar-refractivity contribution in [1.82, 2.24) is 0 Å². The Kier molecular flexibility index (Phi) is 11.7. The van der Waals surface area contributed by atoms with Gasteiger partial charge in [0, 0.05) is 6.08 Å². The number of allylic oxidation sites excluding steroid dienone is 2. The number of halogens is 1. The lowest BCUT2D eigenvalue weighted by Gasteiger charge is -1.98. The summed E-state index contributed by atoms with van der Waals surface area (Å²) in [5.41, 5.74) is 0. The van der Waals surface area contributed by atoms with E-state index in [-0.39, 0.29) is 5.88 Å². The van der Waals surface area contributed by atoms with Gasteiger partial charge >= 0.3 is 5.88 Å². The van der Waals surface area contributed by atoms with Crippen molar-refractivity contribution in [1.29, 1.82) is 0 Å². The summed E-state index contributed by atoms with van der Waals surface area (Å²) in [5.74, 6) is 0.877. The fourth-order valence-corrected chi connectivity index (χ4v) is 0.970. The monoisotopic (exact) mass is 289 g/mol. The topological polar surface area (TPSA) is 65.5 Å². The summed E-state index contributed by atoms with van der Waals surface area (Å²) in [6.45, 7) is 12.3. The van der Waals surface area contributed by atoms with Crippen LogP contribution in [0.5, 0.6) is 0 Å². The molecule has 0 unspecified atom stereocenters. The molecule has 6 heteroatoms. The molecule has 0 aliphatic heterocycles. The van der Waals surface area contributed by atoms with Crippen molar-refractivity contribution in [2.24, 2.45) is 0 Å². The van der Waals surface area contributed by atoms with Gasteiger partial charge in [-0.15, -0.1) is 0 Å². The average molecular weight is 290 g/mol. The van der Waals surface area contributed by atoms with Crippen LogP contribution in [-0.2, 0) is 4.74 Å². The van der Waals surface area contributed by atoms with Crippen molar-refractivity contribution in [3.05, 3.63) is 57.5 Å². The van der Waals surface area contributed by atoms with Crippen molar-refractivity contribution in [2.75, 3.05) is 0 Å². The molecule has 1 rings (SSSR count). The van der Waals surface area contributed by atoms with Gasteiger partial charge in [0.05, 0.1) is 0 Å². The Labute approximate surface area is 118 Å². The van der Waals surface area contributed by atoms with Crippen molar-refractivity contribution >= 4 is 11.6 Å². The molecule has 0 spiro atoms. The van der Waals surface area contributed by atoms with Gasteiger partial charge in [-0.3, -0.25) is 10.1 Å². The minimum absolute atomic E-state index is 0.285. The number of furan rings is 1. The van der Waals surface area contributed by atoms with Crippen molar-refractivity contribution in [3.63, 3.8) is 0 Å². The molecule has 0 saturated heterocycles. The van der Waals surface area contributed by atoms with Crippen molar-refractivity contribution in [3.8, 4) is 0 Å². The molecule has 0 aliphatic carbocycles. The molecule has 0 saturated carbocycles. The molecular formula is C13H20ClNO4. The van der Waals surface area contributed by atoms with Gasteiger partial charge in [0.25, 0.3) is 0 Å². The molecule has 5 nitrogen and oxygen atoms in total. The summed E-state index contributed by atoms with van der Waals surface area (Å²) in [6, 6.07) is 3.54. The number of nitro groups is 1. The first kappa shape index (κ1) is 19.6. The van der Waals surface area contributed by atoms with E-state index in [0.717, 1.165) is 5.76 Å². The predicted octanol–water partition coefficient (Wildman–Crippen LogP) is 4.94. The van der Waals surface area contributed by atoms with Gasteiger partial charge in [0.1, 0.15) is 16.4 Å². The quantitative estimate of drug-likeness (QED) is 0.449. The Hall–Kier alpha value is -1.75. The molecule has 0 radical (unpaired) electrons. The summed E-state index contributed by atoms with van der Waals surface area (Å²) in [6.07, 6.45) is 1.27. The van der Waals surface area contributed by atoms with Gasteiger partial charge in [-0.05, 0) is 44.5 Å². The normalized spacial score (nSPS) is 9.47. The van der Waals surface area contributed by atoms with Crippen LogP contribution in [0.3, 0.4) is 0 Å². The van der Waals surface area contributed by atoms with E-state index in [1.807, 2.05) is 26.8 Å². The number of ether oxygens (including phenoxy) is 1. The summed E-state index contributed by atoms with van der Waals surface area (Å²) < 4.78 is 9.48. The van der Waals surface area contributed by atoms with E-state index in [1.54, 1.807) is 13.0 Å². The first-order valence-corrected chi connectivity index (χ1v) is 6.10.